The smallest absolute Gasteiger partial charge is 0.318 e. The minimum absolute atomic E-state index is 0.0579. The molecule has 0 aromatic carbocycles. The van der Waals surface area contributed by atoms with Crippen molar-refractivity contribution in [1.82, 2.24) is 20.0 Å². The summed E-state index contributed by atoms with van der Waals surface area (Å²) in [5, 5.41) is 7.42. The summed E-state index contributed by atoms with van der Waals surface area (Å²) in [5.74, 6) is 0. The van der Waals surface area contributed by atoms with Gasteiger partial charge in [-0.25, -0.2) is 4.79 Å². The minimum Gasteiger partial charge on any atom is -0.373 e. The van der Waals surface area contributed by atoms with Gasteiger partial charge in [0.25, 0.3) is 0 Å². The number of nitrogens with one attached hydrogen (secondary N) is 1. The Morgan fingerprint density at radius 2 is 2.33 bits per heavy atom. The number of rotatable bonds is 2. The van der Waals surface area contributed by atoms with E-state index in [9.17, 15) is 4.79 Å². The average Bonchev–Trinajstić information content (AvgIpc) is 3.21. The third-order valence-corrected chi connectivity index (χ3v) is 5.04. The van der Waals surface area contributed by atoms with E-state index in [1.54, 1.807) is 4.68 Å². The zero-order chi connectivity index (χ0) is 14.4. The summed E-state index contributed by atoms with van der Waals surface area (Å²) in [4.78, 5) is 14.6. The van der Waals surface area contributed by atoms with Crippen molar-refractivity contribution in [2.75, 3.05) is 6.54 Å². The van der Waals surface area contributed by atoms with Gasteiger partial charge in [0, 0.05) is 25.4 Å². The maximum atomic E-state index is 12.6. The number of fused-ring (bicyclic) bond motifs is 2. The lowest BCUT2D eigenvalue weighted by Crippen LogP contribution is -2.47. The van der Waals surface area contributed by atoms with E-state index in [2.05, 4.69) is 10.4 Å². The second-order valence-corrected chi connectivity index (χ2v) is 6.46. The Kier molecular flexibility index (Phi) is 3.14. The van der Waals surface area contributed by atoms with Crippen LogP contribution in [0, 0.1) is 0 Å². The molecule has 1 aromatic rings. The van der Waals surface area contributed by atoms with E-state index >= 15 is 0 Å². The van der Waals surface area contributed by atoms with Crippen molar-refractivity contribution in [3.8, 4) is 0 Å². The number of hydrogen-bond acceptors (Lipinski definition) is 3. The van der Waals surface area contributed by atoms with E-state index < -0.39 is 0 Å². The molecule has 0 aliphatic carbocycles. The number of aryl methyl sites for hydroxylation is 1. The number of amides is 2. The summed E-state index contributed by atoms with van der Waals surface area (Å²) in [6.07, 6.45) is 9.77. The molecule has 114 valence electrons. The van der Waals surface area contributed by atoms with Gasteiger partial charge in [-0.2, -0.15) is 5.10 Å². The fourth-order valence-corrected chi connectivity index (χ4v) is 4.00. The molecule has 3 fully saturated rings. The van der Waals surface area contributed by atoms with Crippen LogP contribution < -0.4 is 5.32 Å². The Hall–Kier alpha value is -1.56. The van der Waals surface area contributed by atoms with E-state index in [0.29, 0.717) is 6.10 Å². The lowest BCUT2D eigenvalue weighted by atomic mass is 9.96. The van der Waals surface area contributed by atoms with Crippen LogP contribution in [0.1, 0.15) is 43.7 Å². The van der Waals surface area contributed by atoms with Gasteiger partial charge in [0.15, 0.2) is 0 Å². The lowest BCUT2D eigenvalue weighted by Gasteiger charge is -2.28. The van der Waals surface area contributed by atoms with Gasteiger partial charge in [-0.1, -0.05) is 0 Å². The third kappa shape index (κ3) is 2.31. The highest BCUT2D eigenvalue weighted by Gasteiger charge is 2.42. The molecule has 3 aliphatic rings. The van der Waals surface area contributed by atoms with Gasteiger partial charge in [-0.15, -0.1) is 0 Å². The van der Waals surface area contributed by atoms with E-state index in [0.717, 1.165) is 44.2 Å². The predicted octanol–water partition coefficient (Wildman–Crippen LogP) is 1.59. The molecule has 6 nitrogen and oxygen atoms in total. The Labute approximate surface area is 124 Å². The Bertz CT molecular complexity index is 544. The second kappa shape index (κ2) is 5.02. The number of carbonyl (C=O) groups is 1. The van der Waals surface area contributed by atoms with E-state index in [1.807, 2.05) is 24.3 Å². The number of aromatic nitrogens is 2. The number of likely N-dealkylation sites (tertiary alicyclic amines) is 1. The molecular weight excluding hydrogens is 268 g/mol. The molecule has 1 unspecified atom stereocenters. The van der Waals surface area contributed by atoms with Crippen LogP contribution in [0.25, 0.3) is 0 Å². The molecule has 2 amide bonds. The molecule has 3 aliphatic heterocycles. The van der Waals surface area contributed by atoms with Crippen LogP contribution in [0.3, 0.4) is 0 Å². The predicted molar refractivity (Wildman–Crippen MR) is 76.7 cm³/mol. The van der Waals surface area contributed by atoms with Crippen molar-refractivity contribution in [2.24, 2.45) is 7.05 Å². The fourth-order valence-electron chi connectivity index (χ4n) is 4.00. The van der Waals surface area contributed by atoms with Crippen LogP contribution in [0.4, 0.5) is 4.79 Å². The molecule has 2 bridgehead atoms. The van der Waals surface area contributed by atoms with Crippen LogP contribution in [0.2, 0.25) is 0 Å². The van der Waals surface area contributed by atoms with Crippen molar-refractivity contribution in [1.29, 1.82) is 0 Å². The first-order chi connectivity index (χ1) is 10.2. The van der Waals surface area contributed by atoms with Gasteiger partial charge >= 0.3 is 6.03 Å². The summed E-state index contributed by atoms with van der Waals surface area (Å²) < 4.78 is 7.62. The summed E-state index contributed by atoms with van der Waals surface area (Å²) in [6, 6.07) is 0.423. The third-order valence-electron chi connectivity index (χ3n) is 5.04. The summed E-state index contributed by atoms with van der Waals surface area (Å²) in [5.41, 5.74) is 1.13. The minimum atomic E-state index is 0.0579. The second-order valence-electron chi connectivity index (χ2n) is 6.46. The van der Waals surface area contributed by atoms with Crippen LogP contribution >= 0.6 is 0 Å². The Balaban J connectivity index is 1.43. The van der Waals surface area contributed by atoms with Gasteiger partial charge < -0.3 is 15.0 Å². The number of nitrogens with zero attached hydrogens (tertiary/aromatic N) is 3. The van der Waals surface area contributed by atoms with Gasteiger partial charge in [-0.05, 0) is 32.1 Å². The first-order valence-corrected chi connectivity index (χ1v) is 7.92. The van der Waals surface area contributed by atoms with Crippen LogP contribution in [-0.2, 0) is 11.8 Å². The number of carbonyl (C=O) groups excluding carboxylic acids is 1. The average molecular weight is 290 g/mol. The summed E-state index contributed by atoms with van der Waals surface area (Å²) in [7, 11) is 1.91. The SMILES string of the molecule is Cn1cc(C2CCCN2C(=O)N[C@@H]2C[C@@H]3CC[C@H]2O3)cn1. The summed E-state index contributed by atoms with van der Waals surface area (Å²) in [6.45, 7) is 0.826. The molecule has 0 saturated carbocycles. The monoisotopic (exact) mass is 290 g/mol. The van der Waals surface area contributed by atoms with Gasteiger partial charge in [0.1, 0.15) is 0 Å². The molecular formula is C15H22N4O2. The van der Waals surface area contributed by atoms with Crippen molar-refractivity contribution >= 4 is 6.03 Å². The highest BCUT2D eigenvalue weighted by atomic mass is 16.5. The van der Waals surface area contributed by atoms with Crippen LogP contribution in [0.5, 0.6) is 0 Å². The normalized spacial score (nSPS) is 34.6. The van der Waals surface area contributed by atoms with E-state index in [1.165, 1.54) is 0 Å². The lowest BCUT2D eigenvalue weighted by molar-refractivity contribution is 0.0968. The number of ether oxygens (including phenoxy) is 1. The highest BCUT2D eigenvalue weighted by molar-refractivity contribution is 5.75. The van der Waals surface area contributed by atoms with Crippen LogP contribution in [0.15, 0.2) is 12.4 Å². The molecule has 4 atom stereocenters. The summed E-state index contributed by atoms with van der Waals surface area (Å²) >= 11 is 0. The van der Waals surface area contributed by atoms with Crippen molar-refractivity contribution in [2.45, 2.75) is 56.4 Å². The molecule has 4 rings (SSSR count). The van der Waals surface area contributed by atoms with Crippen molar-refractivity contribution in [3.63, 3.8) is 0 Å². The molecule has 6 heteroatoms. The maximum absolute atomic E-state index is 12.6. The molecule has 1 N–H and O–H groups in total. The molecule has 3 saturated heterocycles. The van der Waals surface area contributed by atoms with Crippen molar-refractivity contribution < 1.29 is 9.53 Å². The zero-order valence-electron chi connectivity index (χ0n) is 12.4. The molecule has 1 aromatic heterocycles. The Morgan fingerprint density at radius 1 is 1.43 bits per heavy atom. The first kappa shape index (κ1) is 13.1. The van der Waals surface area contributed by atoms with E-state index in [4.69, 9.17) is 4.74 Å². The molecule has 4 heterocycles. The Morgan fingerprint density at radius 3 is 3.00 bits per heavy atom. The molecule has 21 heavy (non-hydrogen) atoms. The van der Waals surface area contributed by atoms with Crippen molar-refractivity contribution in [3.05, 3.63) is 18.0 Å². The quantitative estimate of drug-likeness (QED) is 0.900. The highest BCUT2D eigenvalue weighted by Crippen LogP contribution is 2.35. The number of hydrogen-bond donors (Lipinski definition) is 1. The number of urea groups is 1. The van der Waals surface area contributed by atoms with E-state index in [-0.39, 0.29) is 24.2 Å². The van der Waals surface area contributed by atoms with Gasteiger partial charge in [0.2, 0.25) is 0 Å². The first-order valence-electron chi connectivity index (χ1n) is 7.92. The van der Waals surface area contributed by atoms with Gasteiger partial charge in [0.05, 0.1) is 30.5 Å². The largest absolute Gasteiger partial charge is 0.373 e. The topological polar surface area (TPSA) is 59.4 Å². The molecule has 0 radical (unpaired) electrons. The zero-order valence-corrected chi connectivity index (χ0v) is 12.4. The molecule has 0 spiro atoms. The maximum Gasteiger partial charge on any atom is 0.318 e. The van der Waals surface area contributed by atoms with Crippen LogP contribution in [-0.4, -0.2) is 45.5 Å². The standard InChI is InChI=1S/C15H22N4O2/c1-18-9-10(8-16-18)13-3-2-6-19(13)15(20)17-12-7-11-4-5-14(12)21-11/h8-9,11-14H,2-7H2,1H3,(H,17,20)/t11-,12+,13?,14+/m0/s1. The van der Waals surface area contributed by atoms with Gasteiger partial charge in [-0.3, -0.25) is 4.68 Å². The fraction of sp³-hybridized carbons (Fsp3) is 0.733.